The number of nitrogens with one attached hydrogen (secondary N) is 1. The second-order valence-corrected chi connectivity index (χ2v) is 8.19. The van der Waals surface area contributed by atoms with Gasteiger partial charge in [-0.2, -0.15) is 0 Å². The van der Waals surface area contributed by atoms with Crippen molar-refractivity contribution in [1.82, 2.24) is 9.55 Å². The monoisotopic (exact) mass is 416 g/mol. The number of rotatable bonds is 4. The molecule has 0 unspecified atom stereocenters. The van der Waals surface area contributed by atoms with Crippen LogP contribution in [0.3, 0.4) is 0 Å². The number of carbonyl (C=O) groups excluding carboxylic acids is 1. The molecule has 1 saturated heterocycles. The SMILES string of the molecule is COc1ccc(C(=O)Nc2ccc(N3C[C@H]4C[C@@H](C3)c3cccc(=O)n3C4)nc2)cc1. The summed E-state index contributed by atoms with van der Waals surface area (Å²) >= 11 is 0. The number of hydrogen-bond acceptors (Lipinski definition) is 5. The number of aromatic nitrogens is 2. The number of piperidine rings is 1. The Kier molecular flexibility index (Phi) is 4.94. The molecule has 4 heterocycles. The van der Waals surface area contributed by atoms with Gasteiger partial charge in [0.1, 0.15) is 11.6 Å². The summed E-state index contributed by atoms with van der Waals surface area (Å²) in [4.78, 5) is 31.5. The van der Waals surface area contributed by atoms with E-state index in [1.54, 1.807) is 43.6 Å². The normalized spacial score (nSPS) is 19.5. The van der Waals surface area contributed by atoms with E-state index >= 15 is 0 Å². The van der Waals surface area contributed by atoms with Crippen LogP contribution in [0.15, 0.2) is 65.6 Å². The minimum absolute atomic E-state index is 0.0933. The van der Waals surface area contributed by atoms with Gasteiger partial charge in [0.05, 0.1) is 19.0 Å². The molecule has 31 heavy (non-hydrogen) atoms. The van der Waals surface area contributed by atoms with Crippen molar-refractivity contribution in [2.24, 2.45) is 5.92 Å². The van der Waals surface area contributed by atoms with Crippen LogP contribution in [-0.4, -0.2) is 35.7 Å². The van der Waals surface area contributed by atoms with E-state index in [-0.39, 0.29) is 11.5 Å². The van der Waals surface area contributed by atoms with E-state index in [0.29, 0.717) is 28.8 Å². The number of nitrogens with zero attached hydrogens (tertiary/aromatic N) is 3. The van der Waals surface area contributed by atoms with Gasteiger partial charge in [0.25, 0.3) is 11.5 Å². The lowest BCUT2D eigenvalue weighted by Crippen LogP contribution is -2.47. The molecule has 5 rings (SSSR count). The van der Waals surface area contributed by atoms with Gasteiger partial charge in [-0.25, -0.2) is 4.98 Å². The van der Waals surface area contributed by atoms with E-state index in [2.05, 4.69) is 21.3 Å². The van der Waals surface area contributed by atoms with Crippen molar-refractivity contribution in [2.75, 3.05) is 30.4 Å². The minimum atomic E-state index is -0.188. The molecule has 2 aliphatic rings. The summed E-state index contributed by atoms with van der Waals surface area (Å²) in [6.45, 7) is 2.48. The van der Waals surface area contributed by atoms with Crippen molar-refractivity contribution >= 4 is 17.4 Å². The Balaban J connectivity index is 1.28. The number of carbonyl (C=O) groups is 1. The molecule has 0 aliphatic carbocycles. The van der Waals surface area contributed by atoms with Crippen LogP contribution in [0.5, 0.6) is 5.75 Å². The van der Waals surface area contributed by atoms with Gasteiger partial charge in [-0.05, 0) is 54.8 Å². The van der Waals surface area contributed by atoms with Crippen LogP contribution in [0.4, 0.5) is 11.5 Å². The van der Waals surface area contributed by atoms with Crippen LogP contribution in [0, 0.1) is 5.92 Å². The van der Waals surface area contributed by atoms with Crippen LogP contribution < -0.4 is 20.5 Å². The molecule has 7 heteroatoms. The van der Waals surface area contributed by atoms with E-state index in [1.165, 1.54) is 0 Å². The first-order valence-electron chi connectivity index (χ1n) is 10.5. The lowest BCUT2D eigenvalue weighted by molar-refractivity contribution is 0.102. The fraction of sp³-hybridized carbons (Fsp3) is 0.292. The number of fused-ring (bicyclic) bond motifs is 4. The molecule has 2 atom stereocenters. The minimum Gasteiger partial charge on any atom is -0.497 e. The van der Waals surface area contributed by atoms with E-state index in [0.717, 1.165) is 37.6 Å². The first-order chi connectivity index (χ1) is 15.1. The molecule has 0 spiro atoms. The number of ether oxygens (including phenoxy) is 1. The van der Waals surface area contributed by atoms with Crippen LogP contribution in [-0.2, 0) is 6.54 Å². The number of methoxy groups -OCH3 is 1. The first-order valence-corrected chi connectivity index (χ1v) is 10.5. The van der Waals surface area contributed by atoms with E-state index in [9.17, 15) is 9.59 Å². The Morgan fingerprint density at radius 2 is 1.90 bits per heavy atom. The Bertz CT molecular complexity index is 1150. The van der Waals surface area contributed by atoms with Gasteiger partial charge in [0.2, 0.25) is 0 Å². The number of hydrogen-bond donors (Lipinski definition) is 1. The molecule has 2 bridgehead atoms. The van der Waals surface area contributed by atoms with Crippen molar-refractivity contribution in [3.63, 3.8) is 0 Å². The highest BCUT2D eigenvalue weighted by molar-refractivity contribution is 6.04. The number of anilines is 2. The Morgan fingerprint density at radius 3 is 2.65 bits per heavy atom. The summed E-state index contributed by atoms with van der Waals surface area (Å²) < 4.78 is 7.06. The fourth-order valence-electron chi connectivity index (χ4n) is 4.68. The summed E-state index contributed by atoms with van der Waals surface area (Å²) in [5.41, 5.74) is 2.42. The summed E-state index contributed by atoms with van der Waals surface area (Å²) in [5, 5.41) is 2.89. The van der Waals surface area contributed by atoms with E-state index < -0.39 is 0 Å². The van der Waals surface area contributed by atoms with Crippen molar-refractivity contribution in [2.45, 2.75) is 18.9 Å². The molecule has 0 radical (unpaired) electrons. The third-order valence-corrected chi connectivity index (χ3v) is 6.16. The van der Waals surface area contributed by atoms with Crippen LogP contribution in [0.1, 0.15) is 28.4 Å². The third kappa shape index (κ3) is 3.79. The molecule has 3 aromatic rings. The molecule has 1 amide bonds. The zero-order chi connectivity index (χ0) is 21.4. The summed E-state index contributed by atoms with van der Waals surface area (Å²) in [6.07, 6.45) is 2.80. The second kappa shape index (κ2) is 7.91. The lowest BCUT2D eigenvalue weighted by atomic mass is 9.83. The van der Waals surface area contributed by atoms with Gasteiger partial charge in [0, 0.05) is 42.9 Å². The molecular formula is C24H24N4O3. The quantitative estimate of drug-likeness (QED) is 0.707. The molecule has 1 aromatic carbocycles. The van der Waals surface area contributed by atoms with E-state index in [4.69, 9.17) is 4.74 Å². The number of benzene rings is 1. The molecule has 0 saturated carbocycles. The highest BCUT2D eigenvalue weighted by atomic mass is 16.5. The zero-order valence-electron chi connectivity index (χ0n) is 17.3. The topological polar surface area (TPSA) is 76.5 Å². The van der Waals surface area contributed by atoms with E-state index in [1.807, 2.05) is 22.8 Å². The van der Waals surface area contributed by atoms with Gasteiger partial charge < -0.3 is 19.5 Å². The molecule has 2 aromatic heterocycles. The van der Waals surface area contributed by atoms with Crippen LogP contribution in [0.2, 0.25) is 0 Å². The molecule has 2 aliphatic heterocycles. The molecule has 158 valence electrons. The standard InChI is InChI=1S/C24H24N4O3/c1-31-20-8-5-17(6-9-20)24(30)26-19-7-10-22(25-12-19)27-13-16-11-18(15-27)21-3-2-4-23(29)28(21)14-16/h2-10,12,16,18H,11,13-15H2,1H3,(H,26,30)/t16-,18+/m1/s1. The van der Waals surface area contributed by atoms with Crippen molar-refractivity contribution in [3.05, 3.63) is 82.4 Å². The molecule has 7 nitrogen and oxygen atoms in total. The van der Waals surface area contributed by atoms with Crippen molar-refractivity contribution in [1.29, 1.82) is 0 Å². The zero-order valence-corrected chi connectivity index (χ0v) is 17.3. The van der Waals surface area contributed by atoms with Crippen LogP contribution >= 0.6 is 0 Å². The number of amides is 1. The summed E-state index contributed by atoms with van der Waals surface area (Å²) in [7, 11) is 1.59. The molecule has 1 fully saturated rings. The average Bonchev–Trinajstić information content (AvgIpc) is 2.80. The van der Waals surface area contributed by atoms with Crippen LogP contribution in [0.25, 0.3) is 0 Å². The smallest absolute Gasteiger partial charge is 0.255 e. The predicted octanol–water partition coefficient (Wildman–Crippen LogP) is 3.13. The highest BCUT2D eigenvalue weighted by Gasteiger charge is 2.34. The third-order valence-electron chi connectivity index (χ3n) is 6.16. The van der Waals surface area contributed by atoms with Gasteiger partial charge in [0.15, 0.2) is 0 Å². The maximum atomic E-state index is 12.5. The Morgan fingerprint density at radius 1 is 1.06 bits per heavy atom. The van der Waals surface area contributed by atoms with Gasteiger partial charge in [-0.15, -0.1) is 0 Å². The van der Waals surface area contributed by atoms with Crippen molar-refractivity contribution < 1.29 is 9.53 Å². The van der Waals surface area contributed by atoms with Gasteiger partial charge in [-0.3, -0.25) is 9.59 Å². The largest absolute Gasteiger partial charge is 0.497 e. The average molecular weight is 416 g/mol. The highest BCUT2D eigenvalue weighted by Crippen LogP contribution is 2.36. The summed E-state index contributed by atoms with van der Waals surface area (Å²) in [6, 6.07) is 16.4. The molecular weight excluding hydrogens is 392 g/mol. The Labute approximate surface area is 180 Å². The first kappa shape index (κ1) is 19.4. The maximum absolute atomic E-state index is 12.5. The Hall–Kier alpha value is -3.61. The number of pyridine rings is 2. The van der Waals surface area contributed by atoms with Gasteiger partial charge >= 0.3 is 0 Å². The van der Waals surface area contributed by atoms with Crippen molar-refractivity contribution in [3.8, 4) is 5.75 Å². The maximum Gasteiger partial charge on any atom is 0.255 e. The second-order valence-electron chi connectivity index (χ2n) is 8.19. The predicted molar refractivity (Wildman–Crippen MR) is 119 cm³/mol. The van der Waals surface area contributed by atoms with Gasteiger partial charge in [-0.1, -0.05) is 6.07 Å². The molecule has 1 N–H and O–H groups in total. The fourth-order valence-corrected chi connectivity index (χ4v) is 4.68. The summed E-state index contributed by atoms with van der Waals surface area (Å²) in [5.74, 6) is 2.18. The lowest BCUT2D eigenvalue weighted by Gasteiger charge is -2.43.